The van der Waals surface area contributed by atoms with Gasteiger partial charge in [0, 0.05) is 0 Å². The third kappa shape index (κ3) is 3440. The van der Waals surface area contributed by atoms with Gasteiger partial charge in [-0.15, -0.1) is 4.20 Å². The van der Waals surface area contributed by atoms with Crippen molar-refractivity contribution in [3.63, 3.8) is 0 Å². The zero-order valence-electron chi connectivity index (χ0n) is 5.47. The van der Waals surface area contributed by atoms with E-state index in [0.717, 1.165) is 0 Å². The summed E-state index contributed by atoms with van der Waals surface area (Å²) in [4.78, 5) is 13.9. The molecule has 2 N–H and O–H groups in total. The molecule has 9 heteroatoms. The van der Waals surface area contributed by atoms with Gasteiger partial charge in [0.05, 0.1) is 0 Å². The van der Waals surface area contributed by atoms with Crippen LogP contribution in [-0.4, -0.2) is 16.0 Å². The molecule has 0 rings (SSSR count). The standard InChI is InChI=1S/C2H2F3.FH2O3P.Li/c1-2(3,4)5;1-5(2,3)4;/h1H2;(H2,2,3,4);/q-1;;+1. The molecule has 0 saturated carbocycles. The Morgan fingerprint density at radius 1 is 1.27 bits per heavy atom. The first-order valence-electron chi connectivity index (χ1n) is 1.67. The molecule has 0 aromatic carbocycles. The third-order valence-corrected chi connectivity index (χ3v) is 0. The van der Waals surface area contributed by atoms with E-state index >= 15 is 0 Å². The van der Waals surface area contributed by atoms with Crippen LogP contribution in [0.1, 0.15) is 0 Å². The second kappa shape index (κ2) is 6.04. The first-order chi connectivity index (χ1) is 4.00. The van der Waals surface area contributed by atoms with Crippen molar-refractivity contribution in [2.24, 2.45) is 0 Å². The molecule has 0 radical (unpaired) electrons. The fraction of sp³-hybridized carbons (Fsp3) is 0.500. The van der Waals surface area contributed by atoms with Crippen molar-refractivity contribution in [2.75, 3.05) is 0 Å². The predicted octanol–water partition coefficient (Wildman–Crippen LogP) is -1.56. The summed E-state index contributed by atoms with van der Waals surface area (Å²) >= 11 is 0. The minimum atomic E-state index is -5.14. The minimum Gasteiger partial charge on any atom is -0.299 e. The van der Waals surface area contributed by atoms with Crippen molar-refractivity contribution >= 4 is 7.91 Å². The van der Waals surface area contributed by atoms with Gasteiger partial charge in [-0.25, -0.2) is 24.7 Å². The van der Waals surface area contributed by atoms with Gasteiger partial charge in [0.2, 0.25) is 0 Å². The maximum absolute atomic E-state index is 10.4. The van der Waals surface area contributed by atoms with E-state index in [-0.39, 0.29) is 18.9 Å². The van der Waals surface area contributed by atoms with Crippen LogP contribution in [0.4, 0.5) is 17.4 Å². The van der Waals surface area contributed by atoms with Gasteiger partial charge >= 0.3 is 26.8 Å². The van der Waals surface area contributed by atoms with Crippen LogP contribution in [0, 0.1) is 6.92 Å². The van der Waals surface area contributed by atoms with E-state index in [1.165, 1.54) is 0 Å². The van der Waals surface area contributed by atoms with Crippen LogP contribution >= 0.6 is 7.91 Å². The summed E-state index contributed by atoms with van der Waals surface area (Å²) in [5, 5.41) is 0. The average Bonchev–Trinajstić information content (AvgIpc) is 1.12. The fourth-order valence-electron chi connectivity index (χ4n) is 0. The van der Waals surface area contributed by atoms with Gasteiger partial charge < -0.3 is 0 Å². The summed E-state index contributed by atoms with van der Waals surface area (Å²) in [6.45, 7) is 1.77. The Balaban J connectivity index is -0.000000107. The van der Waals surface area contributed by atoms with Crippen molar-refractivity contribution < 1.29 is 50.6 Å². The SMILES string of the molecule is O=P(O)(O)F.[CH2-]C(F)(F)F.[Li+]. The van der Waals surface area contributed by atoms with Crippen molar-refractivity contribution in [1.82, 2.24) is 0 Å². The summed E-state index contributed by atoms with van der Waals surface area (Å²) < 4.78 is 49.7. The van der Waals surface area contributed by atoms with E-state index in [2.05, 4.69) is 0 Å². The van der Waals surface area contributed by atoms with E-state index in [4.69, 9.17) is 14.4 Å². The largest absolute Gasteiger partial charge is 1.00 e. The molecule has 64 valence electrons. The van der Waals surface area contributed by atoms with Crippen molar-refractivity contribution in [2.45, 2.75) is 6.18 Å². The monoisotopic (exact) mass is 190 g/mol. The van der Waals surface area contributed by atoms with Gasteiger partial charge in [-0.1, -0.05) is 0 Å². The maximum atomic E-state index is 10.4. The molecule has 0 bridgehead atoms. The first-order valence-corrected chi connectivity index (χ1v) is 3.18. The number of hydrogen-bond acceptors (Lipinski definition) is 1. The summed E-state index contributed by atoms with van der Waals surface area (Å²) in [5.41, 5.74) is 0. The number of halogens is 4. The molecule has 0 saturated heterocycles. The van der Waals surface area contributed by atoms with Gasteiger partial charge in [0.1, 0.15) is 0 Å². The summed E-state index contributed by atoms with van der Waals surface area (Å²) in [6, 6.07) is 0. The van der Waals surface area contributed by atoms with E-state index in [1.54, 1.807) is 6.92 Å². The third-order valence-electron chi connectivity index (χ3n) is 0. The van der Waals surface area contributed by atoms with E-state index in [9.17, 15) is 17.4 Å². The Hall–Kier alpha value is 0.467. The van der Waals surface area contributed by atoms with E-state index in [1.807, 2.05) is 0 Å². The Morgan fingerprint density at radius 3 is 1.27 bits per heavy atom. The second-order valence-corrected chi connectivity index (χ2v) is 2.03. The van der Waals surface area contributed by atoms with E-state index < -0.39 is 14.1 Å². The predicted molar refractivity (Wildman–Crippen MR) is 24.6 cm³/mol. The molecule has 0 aliphatic rings. The van der Waals surface area contributed by atoms with Crippen LogP contribution in [0.3, 0.4) is 0 Å². The number of alkyl halides is 3. The van der Waals surface area contributed by atoms with Crippen molar-refractivity contribution in [3.05, 3.63) is 6.92 Å². The van der Waals surface area contributed by atoms with Gasteiger partial charge in [0.15, 0.2) is 0 Å². The zero-order chi connectivity index (χ0) is 9.00. The normalized spacial score (nSPS) is 10.8. The number of hydrogen-bond donors (Lipinski definition) is 2. The molecule has 0 aliphatic heterocycles. The quantitative estimate of drug-likeness (QED) is 0.210. The second-order valence-electron chi connectivity index (χ2n) is 1.09. The summed E-state index contributed by atoms with van der Waals surface area (Å²) in [7, 11) is -5.14. The fourth-order valence-corrected chi connectivity index (χ4v) is 0. The van der Waals surface area contributed by atoms with Crippen LogP contribution in [0.25, 0.3) is 0 Å². The van der Waals surface area contributed by atoms with E-state index in [0.29, 0.717) is 0 Å². The molecular formula is C2H4F4LiO3P. The van der Waals surface area contributed by atoms with Gasteiger partial charge in [-0.05, 0) is 0 Å². The maximum Gasteiger partial charge on any atom is 1.00 e. The van der Waals surface area contributed by atoms with Crippen molar-refractivity contribution in [1.29, 1.82) is 0 Å². The zero-order valence-corrected chi connectivity index (χ0v) is 6.36. The average molecular weight is 190 g/mol. The van der Waals surface area contributed by atoms with Crippen LogP contribution in [0.2, 0.25) is 0 Å². The summed E-state index contributed by atoms with van der Waals surface area (Å²) in [6.07, 6.45) is -4.25. The molecule has 0 aliphatic carbocycles. The molecule has 0 fully saturated rings. The van der Waals surface area contributed by atoms with Crippen LogP contribution in [-0.2, 0) is 4.57 Å². The van der Waals surface area contributed by atoms with Crippen LogP contribution in [0.5, 0.6) is 0 Å². The van der Waals surface area contributed by atoms with Gasteiger partial charge in [-0.2, -0.15) is 0 Å². The van der Waals surface area contributed by atoms with Crippen molar-refractivity contribution in [3.8, 4) is 0 Å². The first kappa shape index (κ1) is 17.5. The van der Waals surface area contributed by atoms with Crippen LogP contribution < -0.4 is 18.9 Å². The smallest absolute Gasteiger partial charge is 0.299 e. The molecule has 0 atom stereocenters. The molecule has 11 heavy (non-hydrogen) atoms. The van der Waals surface area contributed by atoms with Crippen LogP contribution in [0.15, 0.2) is 0 Å². The molecular weight excluding hydrogens is 186 g/mol. The molecule has 0 aromatic rings. The Labute approximate surface area is 72.2 Å². The topological polar surface area (TPSA) is 57.5 Å². The van der Waals surface area contributed by atoms with Gasteiger partial charge in [0.25, 0.3) is 6.18 Å². The Kier molecular flexibility index (Phi) is 9.62. The molecule has 0 aromatic heterocycles. The summed E-state index contributed by atoms with van der Waals surface area (Å²) in [5.74, 6) is 0. The molecule has 0 amide bonds. The van der Waals surface area contributed by atoms with Gasteiger partial charge in [-0.3, -0.25) is 9.79 Å². The minimum absolute atomic E-state index is 0. The Morgan fingerprint density at radius 2 is 1.27 bits per heavy atom. The molecule has 0 spiro atoms. The molecule has 0 unspecified atom stereocenters. The molecule has 3 nitrogen and oxygen atoms in total. The molecule has 0 heterocycles. The Bertz CT molecular complexity index is 116. The number of rotatable bonds is 0.